The van der Waals surface area contributed by atoms with Crippen molar-refractivity contribution in [3.63, 3.8) is 0 Å². The van der Waals surface area contributed by atoms with Crippen molar-refractivity contribution in [3.05, 3.63) is 11.8 Å². The van der Waals surface area contributed by atoms with Gasteiger partial charge in [0.05, 0.1) is 6.61 Å². The highest BCUT2D eigenvalue weighted by Gasteiger charge is 2.34. The summed E-state index contributed by atoms with van der Waals surface area (Å²) >= 11 is 0. The molecule has 3 N–H and O–H groups in total. The van der Waals surface area contributed by atoms with Crippen molar-refractivity contribution in [2.24, 2.45) is 0 Å². The number of aliphatic hydroxyl groups is 1. The standard InChI is InChI=1S/C12H18F3N5O/c13-12(14,15)9-8-10(18-11(16)17-9)20-3-1-2-19(4-5-20)6-7-21/h8,21H,1-7H2,(H2,16,17,18). The van der Waals surface area contributed by atoms with E-state index < -0.39 is 11.9 Å². The molecule has 0 spiro atoms. The SMILES string of the molecule is Nc1nc(N2CCCN(CCO)CC2)cc(C(F)(F)F)n1. The molecule has 21 heavy (non-hydrogen) atoms. The summed E-state index contributed by atoms with van der Waals surface area (Å²) in [7, 11) is 0. The van der Waals surface area contributed by atoms with Crippen LogP contribution in [0.3, 0.4) is 0 Å². The van der Waals surface area contributed by atoms with Crippen LogP contribution in [-0.4, -0.2) is 59.3 Å². The highest BCUT2D eigenvalue weighted by Crippen LogP contribution is 2.30. The Morgan fingerprint density at radius 3 is 2.62 bits per heavy atom. The molecule has 118 valence electrons. The molecule has 0 amide bonds. The molecule has 6 nitrogen and oxygen atoms in total. The normalized spacial score (nSPS) is 17.8. The van der Waals surface area contributed by atoms with Gasteiger partial charge in [-0.05, 0) is 13.0 Å². The summed E-state index contributed by atoms with van der Waals surface area (Å²) in [4.78, 5) is 11.0. The number of nitrogens with two attached hydrogens (primary N) is 1. The minimum Gasteiger partial charge on any atom is -0.395 e. The first-order chi connectivity index (χ1) is 9.90. The fourth-order valence-corrected chi connectivity index (χ4v) is 2.32. The first-order valence-electron chi connectivity index (χ1n) is 6.70. The van der Waals surface area contributed by atoms with Crippen molar-refractivity contribution in [2.45, 2.75) is 12.6 Å². The topological polar surface area (TPSA) is 78.5 Å². The number of aliphatic hydroxyl groups excluding tert-OH is 1. The Morgan fingerprint density at radius 2 is 1.95 bits per heavy atom. The number of rotatable bonds is 3. The lowest BCUT2D eigenvalue weighted by Gasteiger charge is -2.23. The Bertz CT molecular complexity index is 482. The van der Waals surface area contributed by atoms with Gasteiger partial charge >= 0.3 is 6.18 Å². The maximum absolute atomic E-state index is 12.8. The van der Waals surface area contributed by atoms with E-state index in [1.54, 1.807) is 4.90 Å². The van der Waals surface area contributed by atoms with E-state index in [2.05, 4.69) is 14.9 Å². The lowest BCUT2D eigenvalue weighted by atomic mass is 10.3. The molecule has 2 rings (SSSR count). The summed E-state index contributed by atoms with van der Waals surface area (Å²) in [5, 5.41) is 8.94. The van der Waals surface area contributed by atoms with Crippen LogP contribution in [-0.2, 0) is 6.18 Å². The zero-order valence-electron chi connectivity index (χ0n) is 11.5. The Kier molecular flexibility index (Phi) is 4.84. The molecule has 1 saturated heterocycles. The van der Waals surface area contributed by atoms with Crippen LogP contribution < -0.4 is 10.6 Å². The summed E-state index contributed by atoms with van der Waals surface area (Å²) in [6.07, 6.45) is -3.76. The van der Waals surface area contributed by atoms with Crippen LogP contribution in [0.5, 0.6) is 0 Å². The van der Waals surface area contributed by atoms with E-state index in [1.165, 1.54) is 0 Å². The zero-order valence-corrected chi connectivity index (χ0v) is 11.5. The van der Waals surface area contributed by atoms with Gasteiger partial charge in [-0.1, -0.05) is 0 Å². The third-order valence-corrected chi connectivity index (χ3v) is 3.35. The van der Waals surface area contributed by atoms with Crippen LogP contribution in [0.4, 0.5) is 24.9 Å². The molecule has 1 aromatic rings. The van der Waals surface area contributed by atoms with Gasteiger partial charge in [0.15, 0.2) is 5.69 Å². The fourth-order valence-electron chi connectivity index (χ4n) is 2.32. The maximum atomic E-state index is 12.8. The molecule has 1 fully saturated rings. The molecule has 0 radical (unpaired) electrons. The molecule has 0 saturated carbocycles. The van der Waals surface area contributed by atoms with Gasteiger partial charge in [0, 0.05) is 32.2 Å². The first-order valence-corrected chi connectivity index (χ1v) is 6.70. The number of nitrogens with zero attached hydrogens (tertiary/aromatic N) is 4. The summed E-state index contributed by atoms with van der Waals surface area (Å²) in [6, 6.07) is 0.929. The van der Waals surface area contributed by atoms with Gasteiger partial charge in [-0.15, -0.1) is 0 Å². The number of β-amino-alcohol motifs (C(OH)–C–C–N with tert-alkyl or cyclic N) is 1. The van der Waals surface area contributed by atoms with Gasteiger partial charge in [0.2, 0.25) is 5.95 Å². The lowest BCUT2D eigenvalue weighted by Crippen LogP contribution is -2.33. The van der Waals surface area contributed by atoms with E-state index >= 15 is 0 Å². The van der Waals surface area contributed by atoms with E-state index in [-0.39, 0.29) is 18.4 Å². The van der Waals surface area contributed by atoms with Crippen LogP contribution in [0.1, 0.15) is 12.1 Å². The smallest absolute Gasteiger partial charge is 0.395 e. The van der Waals surface area contributed by atoms with Crippen LogP contribution in [0, 0.1) is 0 Å². The summed E-state index contributed by atoms with van der Waals surface area (Å²) in [5.41, 5.74) is 4.36. The third kappa shape index (κ3) is 4.18. The molecule has 0 unspecified atom stereocenters. The van der Waals surface area contributed by atoms with Crippen molar-refractivity contribution in [1.29, 1.82) is 0 Å². The summed E-state index contributed by atoms with van der Waals surface area (Å²) < 4.78 is 38.3. The van der Waals surface area contributed by atoms with Gasteiger partial charge in [-0.25, -0.2) is 4.98 Å². The molecule has 1 aliphatic rings. The van der Waals surface area contributed by atoms with E-state index in [1.807, 2.05) is 0 Å². The molecule has 0 aromatic carbocycles. The second kappa shape index (κ2) is 6.44. The number of hydrogen-bond acceptors (Lipinski definition) is 6. The van der Waals surface area contributed by atoms with Crippen molar-refractivity contribution in [2.75, 3.05) is 50.0 Å². The van der Waals surface area contributed by atoms with E-state index in [0.29, 0.717) is 26.2 Å². The fraction of sp³-hybridized carbons (Fsp3) is 0.667. The molecule has 9 heteroatoms. The van der Waals surface area contributed by atoms with E-state index in [9.17, 15) is 13.2 Å². The number of halogens is 3. The molecular formula is C12H18F3N5O. The maximum Gasteiger partial charge on any atom is 0.433 e. The minimum absolute atomic E-state index is 0.0681. The Balaban J connectivity index is 2.16. The van der Waals surface area contributed by atoms with Gasteiger partial charge in [-0.3, -0.25) is 4.90 Å². The highest BCUT2D eigenvalue weighted by molar-refractivity contribution is 5.44. The lowest BCUT2D eigenvalue weighted by molar-refractivity contribution is -0.141. The Labute approximate surface area is 120 Å². The average Bonchev–Trinajstić information content (AvgIpc) is 2.63. The average molecular weight is 305 g/mol. The van der Waals surface area contributed by atoms with Crippen molar-refractivity contribution >= 4 is 11.8 Å². The molecule has 1 aliphatic heterocycles. The molecule has 1 aromatic heterocycles. The Morgan fingerprint density at radius 1 is 1.19 bits per heavy atom. The number of aromatic nitrogens is 2. The van der Waals surface area contributed by atoms with Crippen LogP contribution >= 0.6 is 0 Å². The number of anilines is 2. The summed E-state index contributed by atoms with van der Waals surface area (Å²) in [5.74, 6) is -0.183. The van der Waals surface area contributed by atoms with Gasteiger partial charge in [-0.2, -0.15) is 18.2 Å². The van der Waals surface area contributed by atoms with Gasteiger partial charge in [0.1, 0.15) is 5.82 Å². The molecule has 0 bridgehead atoms. The van der Waals surface area contributed by atoms with Crippen molar-refractivity contribution in [3.8, 4) is 0 Å². The number of nitrogen functional groups attached to an aromatic ring is 1. The first kappa shape index (κ1) is 15.8. The second-order valence-corrected chi connectivity index (χ2v) is 4.87. The number of alkyl halides is 3. The number of hydrogen-bond donors (Lipinski definition) is 2. The predicted molar refractivity (Wildman–Crippen MR) is 71.8 cm³/mol. The van der Waals surface area contributed by atoms with Crippen LogP contribution in [0.15, 0.2) is 6.07 Å². The van der Waals surface area contributed by atoms with Gasteiger partial charge < -0.3 is 15.7 Å². The van der Waals surface area contributed by atoms with Gasteiger partial charge in [0.25, 0.3) is 0 Å². The predicted octanol–water partition coefficient (Wildman–Crippen LogP) is 0.582. The third-order valence-electron chi connectivity index (χ3n) is 3.35. The quantitative estimate of drug-likeness (QED) is 0.850. The minimum atomic E-state index is -4.54. The molecule has 0 aliphatic carbocycles. The largest absolute Gasteiger partial charge is 0.433 e. The van der Waals surface area contributed by atoms with Crippen LogP contribution in [0.25, 0.3) is 0 Å². The van der Waals surface area contributed by atoms with Crippen molar-refractivity contribution in [1.82, 2.24) is 14.9 Å². The molecular weight excluding hydrogens is 287 g/mol. The Hall–Kier alpha value is -1.61. The monoisotopic (exact) mass is 305 g/mol. The zero-order chi connectivity index (χ0) is 15.5. The molecule has 0 atom stereocenters. The van der Waals surface area contributed by atoms with Crippen LogP contribution in [0.2, 0.25) is 0 Å². The summed E-state index contributed by atoms with van der Waals surface area (Å²) in [6.45, 7) is 3.21. The van der Waals surface area contributed by atoms with E-state index in [4.69, 9.17) is 10.8 Å². The second-order valence-electron chi connectivity index (χ2n) is 4.87. The highest BCUT2D eigenvalue weighted by atomic mass is 19.4. The van der Waals surface area contributed by atoms with E-state index in [0.717, 1.165) is 19.0 Å². The molecule has 2 heterocycles. The van der Waals surface area contributed by atoms with Crippen molar-refractivity contribution < 1.29 is 18.3 Å².